The summed E-state index contributed by atoms with van der Waals surface area (Å²) in [5, 5.41) is 4.11. The first-order valence-electron chi connectivity index (χ1n) is 8.91. The van der Waals surface area contributed by atoms with Crippen LogP contribution >= 0.6 is 0 Å². The van der Waals surface area contributed by atoms with Crippen LogP contribution in [0, 0.1) is 6.92 Å². The number of amides is 1. The third kappa shape index (κ3) is 4.69. The molecule has 30 heavy (non-hydrogen) atoms. The number of benzene rings is 2. The number of aryl methyl sites for hydroxylation is 2. The highest BCUT2D eigenvalue weighted by atomic mass is 32.2. The fraction of sp³-hybridized carbons (Fsp3) is 0.158. The van der Waals surface area contributed by atoms with Gasteiger partial charge in [-0.25, -0.2) is 21.6 Å². The van der Waals surface area contributed by atoms with E-state index >= 15 is 0 Å². The van der Waals surface area contributed by atoms with Crippen molar-refractivity contribution in [1.82, 2.24) is 14.5 Å². The van der Waals surface area contributed by atoms with Gasteiger partial charge in [0.05, 0.1) is 10.6 Å². The van der Waals surface area contributed by atoms with Crippen molar-refractivity contribution >= 4 is 31.6 Å². The van der Waals surface area contributed by atoms with Gasteiger partial charge in [-0.15, -0.1) is 0 Å². The van der Waals surface area contributed by atoms with E-state index in [1.807, 2.05) is 11.6 Å². The number of rotatable bonds is 7. The third-order valence-corrected chi connectivity index (χ3v) is 7.03. The van der Waals surface area contributed by atoms with Gasteiger partial charge in [-0.3, -0.25) is 14.2 Å². The van der Waals surface area contributed by atoms with E-state index in [1.165, 1.54) is 47.3 Å². The van der Waals surface area contributed by atoms with Crippen LogP contribution in [0.2, 0.25) is 0 Å². The quantitative estimate of drug-likeness (QED) is 0.570. The molecule has 1 heterocycles. The minimum atomic E-state index is -4.12. The van der Waals surface area contributed by atoms with Crippen LogP contribution < -0.4 is 9.44 Å². The lowest BCUT2D eigenvalue weighted by Crippen LogP contribution is -2.30. The lowest BCUT2D eigenvalue weighted by Gasteiger charge is -2.09. The topological polar surface area (TPSA) is 127 Å². The first-order chi connectivity index (χ1) is 14.1. The van der Waals surface area contributed by atoms with Crippen molar-refractivity contribution in [3.8, 4) is 0 Å². The maximum atomic E-state index is 12.6. The zero-order valence-electron chi connectivity index (χ0n) is 16.2. The summed E-state index contributed by atoms with van der Waals surface area (Å²) in [7, 11) is -8.01. The van der Waals surface area contributed by atoms with Gasteiger partial charge in [0.1, 0.15) is 4.90 Å². The van der Waals surface area contributed by atoms with E-state index in [-0.39, 0.29) is 21.0 Å². The van der Waals surface area contributed by atoms with Crippen LogP contribution in [0.5, 0.6) is 0 Å². The smallest absolute Gasteiger partial charge is 0.265 e. The second-order valence-corrected chi connectivity index (χ2v) is 9.70. The molecule has 0 atom stereocenters. The second kappa shape index (κ2) is 8.28. The van der Waals surface area contributed by atoms with Gasteiger partial charge in [0.2, 0.25) is 0 Å². The fourth-order valence-corrected chi connectivity index (χ4v) is 4.89. The molecule has 0 spiro atoms. The van der Waals surface area contributed by atoms with E-state index in [2.05, 4.69) is 9.82 Å². The summed E-state index contributed by atoms with van der Waals surface area (Å²) < 4.78 is 55.9. The predicted molar refractivity (Wildman–Crippen MR) is 111 cm³/mol. The van der Waals surface area contributed by atoms with Crippen LogP contribution in [-0.2, 0) is 26.6 Å². The fourth-order valence-electron chi connectivity index (χ4n) is 2.67. The molecule has 0 saturated carbocycles. The lowest BCUT2D eigenvalue weighted by molar-refractivity contribution is 0.0981. The van der Waals surface area contributed by atoms with Gasteiger partial charge in [-0.2, -0.15) is 5.10 Å². The molecule has 3 aromatic rings. The van der Waals surface area contributed by atoms with Crippen molar-refractivity contribution in [2.75, 3.05) is 4.72 Å². The summed E-state index contributed by atoms with van der Waals surface area (Å²) in [6.07, 6.45) is 1.43. The lowest BCUT2D eigenvalue weighted by atomic mass is 10.2. The van der Waals surface area contributed by atoms with Crippen molar-refractivity contribution in [3.63, 3.8) is 0 Å². The molecule has 0 unspecified atom stereocenters. The molecule has 2 aromatic carbocycles. The maximum Gasteiger partial charge on any atom is 0.265 e. The Morgan fingerprint density at radius 2 is 1.60 bits per heavy atom. The molecule has 2 N–H and O–H groups in total. The van der Waals surface area contributed by atoms with E-state index < -0.39 is 26.0 Å². The van der Waals surface area contributed by atoms with Gasteiger partial charge in [0, 0.05) is 24.0 Å². The number of sulfonamides is 2. The Kier molecular flexibility index (Phi) is 5.94. The van der Waals surface area contributed by atoms with Crippen LogP contribution in [0.15, 0.2) is 70.6 Å². The standard InChI is InChI=1S/C19H20N4O5S2/c1-3-23-13-18(14(2)20-23)30(27,28)21-16-9-11-17(12-10-16)29(25,26)22-19(24)15-7-5-4-6-8-15/h4-13,21H,3H2,1-2H3,(H,22,24). The molecule has 3 rings (SSSR count). The Labute approximate surface area is 174 Å². The van der Waals surface area contributed by atoms with E-state index in [9.17, 15) is 21.6 Å². The number of nitrogens with zero attached hydrogens (tertiary/aromatic N) is 2. The van der Waals surface area contributed by atoms with E-state index in [4.69, 9.17) is 0 Å². The molecule has 0 radical (unpaired) electrons. The van der Waals surface area contributed by atoms with Crippen LogP contribution in [0.25, 0.3) is 0 Å². The van der Waals surface area contributed by atoms with Crippen LogP contribution in [0.1, 0.15) is 23.0 Å². The highest BCUT2D eigenvalue weighted by Gasteiger charge is 2.22. The van der Waals surface area contributed by atoms with Gasteiger partial charge in [-0.05, 0) is 50.2 Å². The molecule has 0 aliphatic heterocycles. The monoisotopic (exact) mass is 448 g/mol. The number of anilines is 1. The Morgan fingerprint density at radius 1 is 0.967 bits per heavy atom. The van der Waals surface area contributed by atoms with Gasteiger partial charge < -0.3 is 0 Å². The molecule has 11 heteroatoms. The molecule has 0 saturated heterocycles. The molecule has 1 amide bonds. The van der Waals surface area contributed by atoms with Crippen molar-refractivity contribution in [1.29, 1.82) is 0 Å². The van der Waals surface area contributed by atoms with Crippen molar-refractivity contribution < 1.29 is 21.6 Å². The highest BCUT2D eigenvalue weighted by molar-refractivity contribution is 7.92. The van der Waals surface area contributed by atoms with Crippen LogP contribution in [-0.4, -0.2) is 32.5 Å². The van der Waals surface area contributed by atoms with Crippen LogP contribution in [0.4, 0.5) is 5.69 Å². The molecule has 0 bridgehead atoms. The summed E-state index contributed by atoms with van der Waals surface area (Å²) in [5.74, 6) is -0.760. The summed E-state index contributed by atoms with van der Waals surface area (Å²) in [6, 6.07) is 13.0. The molecule has 1 aromatic heterocycles. The van der Waals surface area contributed by atoms with E-state index in [0.717, 1.165) is 0 Å². The Balaban J connectivity index is 1.77. The average molecular weight is 449 g/mol. The van der Waals surface area contributed by atoms with Gasteiger partial charge >= 0.3 is 0 Å². The molecular weight excluding hydrogens is 428 g/mol. The minimum Gasteiger partial charge on any atom is -0.280 e. The Bertz CT molecular complexity index is 1270. The zero-order chi connectivity index (χ0) is 21.9. The van der Waals surface area contributed by atoms with Gasteiger partial charge in [-0.1, -0.05) is 18.2 Å². The molecule has 9 nitrogen and oxygen atoms in total. The highest BCUT2D eigenvalue weighted by Crippen LogP contribution is 2.20. The number of hydrogen-bond acceptors (Lipinski definition) is 6. The van der Waals surface area contributed by atoms with Gasteiger partial charge in [0.15, 0.2) is 0 Å². The molecule has 0 aliphatic rings. The number of aromatic nitrogens is 2. The summed E-state index contributed by atoms with van der Waals surface area (Å²) in [6.45, 7) is 3.95. The first-order valence-corrected chi connectivity index (χ1v) is 11.9. The van der Waals surface area contributed by atoms with Crippen molar-refractivity contribution in [2.24, 2.45) is 0 Å². The Hall–Kier alpha value is -3.18. The predicted octanol–water partition coefficient (Wildman–Crippen LogP) is 2.13. The van der Waals surface area contributed by atoms with Crippen LogP contribution in [0.3, 0.4) is 0 Å². The minimum absolute atomic E-state index is 0.0381. The number of carbonyl (C=O) groups is 1. The van der Waals surface area contributed by atoms with E-state index in [1.54, 1.807) is 25.1 Å². The Morgan fingerprint density at radius 3 is 2.17 bits per heavy atom. The van der Waals surface area contributed by atoms with Crippen molar-refractivity contribution in [3.05, 3.63) is 72.1 Å². The first kappa shape index (κ1) is 21.5. The molecular formula is C19H20N4O5S2. The average Bonchev–Trinajstić information content (AvgIpc) is 3.10. The third-order valence-electron chi connectivity index (χ3n) is 4.19. The molecule has 158 valence electrons. The molecule has 0 aliphatic carbocycles. The SMILES string of the molecule is CCn1cc(S(=O)(=O)Nc2ccc(S(=O)(=O)NC(=O)c3ccccc3)cc2)c(C)n1. The largest absolute Gasteiger partial charge is 0.280 e. The maximum absolute atomic E-state index is 12.6. The second-order valence-electron chi connectivity index (χ2n) is 6.36. The summed E-state index contributed by atoms with van der Waals surface area (Å²) in [4.78, 5) is 12.0. The summed E-state index contributed by atoms with van der Waals surface area (Å²) >= 11 is 0. The number of carbonyl (C=O) groups excluding carboxylic acids is 1. The number of nitrogens with one attached hydrogen (secondary N) is 2. The molecule has 0 fully saturated rings. The summed E-state index contributed by atoms with van der Waals surface area (Å²) in [5.41, 5.74) is 0.729. The van der Waals surface area contributed by atoms with E-state index in [0.29, 0.717) is 12.2 Å². The zero-order valence-corrected chi connectivity index (χ0v) is 17.9. The van der Waals surface area contributed by atoms with Gasteiger partial charge in [0.25, 0.3) is 26.0 Å². The number of hydrogen-bond donors (Lipinski definition) is 2. The normalized spacial score (nSPS) is 11.8. The van der Waals surface area contributed by atoms with Crippen molar-refractivity contribution in [2.45, 2.75) is 30.2 Å².